The molecule has 0 aromatic rings. The van der Waals surface area contributed by atoms with Crippen molar-refractivity contribution in [3.05, 3.63) is 0 Å². The van der Waals surface area contributed by atoms with E-state index in [4.69, 9.17) is 0 Å². The van der Waals surface area contributed by atoms with Crippen LogP contribution in [0.1, 0.15) is 40.5 Å². The molecule has 17 heavy (non-hydrogen) atoms. The van der Waals surface area contributed by atoms with Gasteiger partial charge in [-0.05, 0) is 33.4 Å². The first kappa shape index (κ1) is 16.3. The van der Waals surface area contributed by atoms with Crippen LogP contribution in [-0.4, -0.2) is 35.4 Å². The molecule has 0 aliphatic carbocycles. The first-order valence-electron chi connectivity index (χ1n) is 5.84. The molecule has 0 saturated carbocycles. The van der Waals surface area contributed by atoms with Crippen molar-refractivity contribution in [2.45, 2.75) is 52.1 Å². The Morgan fingerprint density at radius 3 is 2.41 bits per heavy atom. The lowest BCUT2D eigenvalue weighted by Gasteiger charge is -2.29. The summed E-state index contributed by atoms with van der Waals surface area (Å²) in [6, 6.07) is 0.0613. The Balaban J connectivity index is 4.03. The zero-order valence-electron chi connectivity index (χ0n) is 11.4. The molecule has 1 unspecified atom stereocenters. The quantitative estimate of drug-likeness (QED) is 0.730. The molecule has 0 aliphatic rings. The molecule has 0 aromatic heterocycles. The number of rotatable bonds is 7. The molecule has 0 saturated heterocycles. The fourth-order valence-electron chi connectivity index (χ4n) is 1.89. The summed E-state index contributed by atoms with van der Waals surface area (Å²) in [5.41, 5.74) is -0.294. The molecule has 0 aliphatic heterocycles. The first-order chi connectivity index (χ1) is 7.76. The molecule has 1 atom stereocenters. The van der Waals surface area contributed by atoms with E-state index in [2.05, 4.69) is 10.6 Å². The maximum Gasteiger partial charge on any atom is 0.221 e. The molecule has 2 amide bonds. The first-order valence-corrected chi connectivity index (χ1v) is 7.23. The summed E-state index contributed by atoms with van der Waals surface area (Å²) >= 11 is 1.66. The van der Waals surface area contributed by atoms with E-state index in [1.807, 2.05) is 27.0 Å². The predicted octanol–water partition coefficient (Wildman–Crippen LogP) is 1.55. The molecular weight excluding hydrogens is 236 g/mol. The van der Waals surface area contributed by atoms with Gasteiger partial charge < -0.3 is 10.6 Å². The minimum Gasteiger partial charge on any atom is -0.354 e. The van der Waals surface area contributed by atoms with Crippen LogP contribution in [0, 0.1) is 0 Å². The van der Waals surface area contributed by atoms with Gasteiger partial charge in [0, 0.05) is 30.7 Å². The van der Waals surface area contributed by atoms with E-state index in [1.54, 1.807) is 11.8 Å². The van der Waals surface area contributed by atoms with Crippen molar-refractivity contribution < 1.29 is 9.59 Å². The molecule has 0 aromatic carbocycles. The van der Waals surface area contributed by atoms with Crippen molar-refractivity contribution in [1.82, 2.24) is 10.6 Å². The van der Waals surface area contributed by atoms with Gasteiger partial charge in [0.2, 0.25) is 11.8 Å². The smallest absolute Gasteiger partial charge is 0.221 e. The van der Waals surface area contributed by atoms with Gasteiger partial charge in [0.25, 0.3) is 0 Å². The van der Waals surface area contributed by atoms with Crippen LogP contribution in [0.25, 0.3) is 0 Å². The number of thioether (sulfide) groups is 1. The van der Waals surface area contributed by atoms with Gasteiger partial charge in [-0.3, -0.25) is 9.59 Å². The summed E-state index contributed by atoms with van der Waals surface area (Å²) in [6.07, 6.45) is 3.25. The van der Waals surface area contributed by atoms with E-state index >= 15 is 0 Å². The maximum absolute atomic E-state index is 11.5. The Morgan fingerprint density at radius 1 is 1.35 bits per heavy atom. The zero-order valence-corrected chi connectivity index (χ0v) is 12.2. The molecule has 0 bridgehead atoms. The van der Waals surface area contributed by atoms with E-state index < -0.39 is 0 Å². The second-order valence-corrected chi connectivity index (χ2v) is 5.97. The van der Waals surface area contributed by atoms with Crippen LogP contribution in [0.5, 0.6) is 0 Å². The van der Waals surface area contributed by atoms with Gasteiger partial charge in [-0.15, -0.1) is 0 Å². The van der Waals surface area contributed by atoms with Crippen molar-refractivity contribution >= 4 is 23.6 Å². The van der Waals surface area contributed by atoms with Crippen LogP contribution < -0.4 is 10.6 Å². The number of amides is 2. The highest BCUT2D eigenvalue weighted by atomic mass is 32.2. The van der Waals surface area contributed by atoms with E-state index in [0.717, 1.165) is 12.2 Å². The summed E-state index contributed by atoms with van der Waals surface area (Å²) < 4.78 is 0. The van der Waals surface area contributed by atoms with Crippen LogP contribution in [0.15, 0.2) is 0 Å². The topological polar surface area (TPSA) is 58.2 Å². The predicted molar refractivity (Wildman–Crippen MR) is 73.1 cm³/mol. The second kappa shape index (κ2) is 7.58. The van der Waals surface area contributed by atoms with Crippen molar-refractivity contribution in [3.63, 3.8) is 0 Å². The van der Waals surface area contributed by atoms with Crippen molar-refractivity contribution in [2.75, 3.05) is 12.0 Å². The number of hydrogen-bond acceptors (Lipinski definition) is 3. The number of carbonyl (C=O) groups excluding carboxylic acids is 2. The monoisotopic (exact) mass is 260 g/mol. The Labute approximate surface area is 108 Å². The number of nitrogens with one attached hydrogen (secondary N) is 2. The van der Waals surface area contributed by atoms with Gasteiger partial charge in [-0.1, -0.05) is 0 Å². The lowest BCUT2D eigenvalue weighted by Crippen LogP contribution is -2.47. The SMILES string of the molecule is CSCCC(=O)NC(C)CC(C)(C)NC(C)=O. The Hall–Kier alpha value is -0.710. The van der Waals surface area contributed by atoms with Crippen molar-refractivity contribution in [3.8, 4) is 0 Å². The summed E-state index contributed by atoms with van der Waals surface area (Å²) in [5, 5.41) is 5.81. The van der Waals surface area contributed by atoms with Crippen LogP contribution in [0.3, 0.4) is 0 Å². The summed E-state index contributed by atoms with van der Waals surface area (Å²) in [5.74, 6) is 0.870. The number of hydrogen-bond donors (Lipinski definition) is 2. The van der Waals surface area contributed by atoms with Crippen LogP contribution in [0.2, 0.25) is 0 Å². The maximum atomic E-state index is 11.5. The highest BCUT2D eigenvalue weighted by molar-refractivity contribution is 7.98. The Morgan fingerprint density at radius 2 is 1.94 bits per heavy atom. The summed E-state index contributed by atoms with van der Waals surface area (Å²) in [6.45, 7) is 7.38. The van der Waals surface area contributed by atoms with Crippen molar-refractivity contribution in [2.24, 2.45) is 0 Å². The highest BCUT2D eigenvalue weighted by Crippen LogP contribution is 2.11. The van der Waals surface area contributed by atoms with E-state index in [-0.39, 0.29) is 23.4 Å². The molecule has 0 fully saturated rings. The molecule has 100 valence electrons. The van der Waals surface area contributed by atoms with E-state index in [9.17, 15) is 9.59 Å². The van der Waals surface area contributed by atoms with Crippen LogP contribution in [-0.2, 0) is 9.59 Å². The largest absolute Gasteiger partial charge is 0.354 e. The number of carbonyl (C=O) groups is 2. The van der Waals surface area contributed by atoms with E-state index in [1.165, 1.54) is 6.92 Å². The molecule has 0 spiro atoms. The molecule has 0 heterocycles. The third-order valence-corrected chi connectivity index (χ3v) is 2.88. The lowest BCUT2D eigenvalue weighted by molar-refractivity contribution is -0.121. The average molecular weight is 260 g/mol. The van der Waals surface area contributed by atoms with Gasteiger partial charge in [0.15, 0.2) is 0 Å². The van der Waals surface area contributed by atoms with Crippen molar-refractivity contribution in [1.29, 1.82) is 0 Å². The summed E-state index contributed by atoms with van der Waals surface area (Å²) in [7, 11) is 0. The summed E-state index contributed by atoms with van der Waals surface area (Å²) in [4.78, 5) is 22.5. The standard InChI is InChI=1S/C12H24N2O2S/c1-9(13-11(16)6-7-17-5)8-12(3,4)14-10(2)15/h9H,6-8H2,1-5H3,(H,13,16)(H,14,15). The fraction of sp³-hybridized carbons (Fsp3) is 0.833. The zero-order chi connectivity index (χ0) is 13.5. The third kappa shape index (κ3) is 9.03. The van der Waals surface area contributed by atoms with Gasteiger partial charge >= 0.3 is 0 Å². The molecular formula is C12H24N2O2S. The molecule has 4 nitrogen and oxygen atoms in total. The molecule has 0 radical (unpaired) electrons. The molecule has 5 heteroatoms. The molecule has 0 rings (SSSR count). The van der Waals surface area contributed by atoms with Gasteiger partial charge in [0.05, 0.1) is 0 Å². The van der Waals surface area contributed by atoms with Crippen LogP contribution >= 0.6 is 11.8 Å². The van der Waals surface area contributed by atoms with E-state index in [0.29, 0.717) is 6.42 Å². The second-order valence-electron chi connectivity index (χ2n) is 4.98. The lowest BCUT2D eigenvalue weighted by atomic mass is 9.96. The third-order valence-electron chi connectivity index (χ3n) is 2.27. The van der Waals surface area contributed by atoms with Gasteiger partial charge in [-0.25, -0.2) is 0 Å². The minimum absolute atomic E-state index is 0.0455. The normalized spacial score (nSPS) is 13.0. The van der Waals surface area contributed by atoms with Gasteiger partial charge in [0.1, 0.15) is 0 Å². The highest BCUT2D eigenvalue weighted by Gasteiger charge is 2.22. The minimum atomic E-state index is -0.294. The molecule has 2 N–H and O–H groups in total. The Bertz CT molecular complexity index is 267. The Kier molecular flexibility index (Phi) is 7.27. The average Bonchev–Trinajstić information content (AvgIpc) is 2.10. The van der Waals surface area contributed by atoms with Crippen LogP contribution in [0.4, 0.5) is 0 Å². The van der Waals surface area contributed by atoms with Gasteiger partial charge in [-0.2, -0.15) is 11.8 Å². The fourth-order valence-corrected chi connectivity index (χ4v) is 2.28.